The van der Waals surface area contributed by atoms with Gasteiger partial charge < -0.3 is 10.2 Å². The molecule has 2 rings (SSSR count). The Kier molecular flexibility index (Phi) is 7.40. The average Bonchev–Trinajstić information content (AvgIpc) is 2.62. The van der Waals surface area contributed by atoms with Gasteiger partial charge in [0.25, 0.3) is 5.91 Å². The van der Waals surface area contributed by atoms with Crippen molar-refractivity contribution in [2.45, 2.75) is 26.7 Å². The molecule has 0 atom stereocenters. The van der Waals surface area contributed by atoms with Crippen LogP contribution in [0.15, 0.2) is 24.3 Å². The Morgan fingerprint density at radius 2 is 1.88 bits per heavy atom. The van der Waals surface area contributed by atoms with Gasteiger partial charge in [-0.2, -0.15) is 4.31 Å². The number of piperazine rings is 1. The highest BCUT2D eigenvalue weighted by atomic mass is 32.2. The van der Waals surface area contributed by atoms with Crippen molar-refractivity contribution >= 4 is 15.9 Å². The molecule has 1 N–H and O–H groups in total. The van der Waals surface area contributed by atoms with E-state index in [1.54, 1.807) is 11.0 Å². The number of carbonyl (C=O) groups is 1. The molecule has 25 heavy (non-hydrogen) atoms. The van der Waals surface area contributed by atoms with E-state index >= 15 is 0 Å². The molecule has 0 aromatic heterocycles. The molecule has 0 unspecified atom stereocenters. The summed E-state index contributed by atoms with van der Waals surface area (Å²) in [5.41, 5.74) is 1.57. The van der Waals surface area contributed by atoms with Gasteiger partial charge in [-0.25, -0.2) is 8.42 Å². The zero-order valence-electron chi connectivity index (χ0n) is 15.2. The average molecular weight is 368 g/mol. The number of sulfonamides is 1. The van der Waals surface area contributed by atoms with E-state index in [9.17, 15) is 13.2 Å². The van der Waals surface area contributed by atoms with E-state index in [1.165, 1.54) is 4.31 Å². The molecular formula is C18H29N3O3S. The van der Waals surface area contributed by atoms with E-state index in [0.29, 0.717) is 38.3 Å². The Balaban J connectivity index is 2.07. The van der Waals surface area contributed by atoms with E-state index in [2.05, 4.69) is 12.2 Å². The Morgan fingerprint density at radius 1 is 1.20 bits per heavy atom. The lowest BCUT2D eigenvalue weighted by molar-refractivity contribution is 0.0762. The van der Waals surface area contributed by atoms with Crippen molar-refractivity contribution in [1.82, 2.24) is 14.5 Å². The summed E-state index contributed by atoms with van der Waals surface area (Å²) >= 11 is 0. The smallest absolute Gasteiger partial charge is 0.254 e. The van der Waals surface area contributed by atoms with Crippen molar-refractivity contribution in [3.05, 3.63) is 35.4 Å². The summed E-state index contributed by atoms with van der Waals surface area (Å²) in [4.78, 5) is 14.6. The van der Waals surface area contributed by atoms with Crippen molar-refractivity contribution < 1.29 is 13.2 Å². The van der Waals surface area contributed by atoms with Crippen molar-refractivity contribution in [3.8, 4) is 0 Å². The second-order valence-electron chi connectivity index (χ2n) is 6.43. The van der Waals surface area contributed by atoms with E-state index < -0.39 is 10.0 Å². The molecule has 1 aromatic rings. The fourth-order valence-electron chi connectivity index (χ4n) is 2.92. The molecule has 1 saturated heterocycles. The van der Waals surface area contributed by atoms with Crippen LogP contribution in [0, 0.1) is 6.92 Å². The number of carbonyl (C=O) groups excluding carboxylic acids is 1. The van der Waals surface area contributed by atoms with Crippen LogP contribution in [0.2, 0.25) is 0 Å². The third kappa shape index (κ3) is 5.52. The summed E-state index contributed by atoms with van der Waals surface area (Å²) in [5.74, 6) is -0.101. The normalized spacial score (nSPS) is 15.9. The van der Waals surface area contributed by atoms with Gasteiger partial charge in [0.1, 0.15) is 0 Å². The molecule has 1 fully saturated rings. The summed E-state index contributed by atoms with van der Waals surface area (Å²) in [6.45, 7) is 7.16. The zero-order chi connectivity index (χ0) is 18.3. The summed E-state index contributed by atoms with van der Waals surface area (Å²) in [6, 6.07) is 7.46. The highest BCUT2D eigenvalue weighted by Crippen LogP contribution is 2.13. The Bertz CT molecular complexity index is 670. The highest BCUT2D eigenvalue weighted by Gasteiger charge is 2.26. The molecule has 1 amide bonds. The minimum Gasteiger partial charge on any atom is -0.338 e. The number of rotatable bonds is 8. The summed E-state index contributed by atoms with van der Waals surface area (Å²) in [5, 5.41) is 3.15. The molecule has 1 aliphatic rings. The fraction of sp³-hybridized carbons (Fsp3) is 0.611. The molecule has 140 valence electrons. The standard InChI is InChI=1S/C18H29N3O3S/c1-3-4-11-20(18(22)17-8-6-5-7-16(17)2)14-15-25(23,24)21-12-9-19-10-13-21/h5-8,19H,3-4,9-15H2,1-2H3. The van der Waals surface area contributed by atoms with Crippen molar-refractivity contribution in [2.24, 2.45) is 0 Å². The second-order valence-corrected chi connectivity index (χ2v) is 8.51. The highest BCUT2D eigenvalue weighted by molar-refractivity contribution is 7.89. The van der Waals surface area contributed by atoms with Gasteiger partial charge in [-0.05, 0) is 25.0 Å². The van der Waals surface area contributed by atoms with Gasteiger partial charge in [0.2, 0.25) is 10.0 Å². The first-order valence-electron chi connectivity index (χ1n) is 8.99. The fourth-order valence-corrected chi connectivity index (χ4v) is 4.37. The molecule has 0 bridgehead atoms. The Labute approximate surface area is 151 Å². The van der Waals surface area contributed by atoms with Crippen LogP contribution in [-0.2, 0) is 10.0 Å². The lowest BCUT2D eigenvalue weighted by Gasteiger charge is -2.28. The molecule has 1 aliphatic heterocycles. The Morgan fingerprint density at radius 3 is 2.52 bits per heavy atom. The molecule has 0 spiro atoms. The van der Waals surface area contributed by atoms with Crippen LogP contribution in [0.25, 0.3) is 0 Å². The molecular weight excluding hydrogens is 338 g/mol. The van der Waals surface area contributed by atoms with Crippen molar-refractivity contribution in [3.63, 3.8) is 0 Å². The molecule has 0 radical (unpaired) electrons. The molecule has 6 nitrogen and oxygen atoms in total. The molecule has 7 heteroatoms. The maximum atomic E-state index is 12.9. The van der Waals surface area contributed by atoms with Crippen LogP contribution in [0.4, 0.5) is 0 Å². The van der Waals surface area contributed by atoms with Gasteiger partial charge in [-0.1, -0.05) is 31.5 Å². The number of benzene rings is 1. The number of hydrogen-bond donors (Lipinski definition) is 1. The lowest BCUT2D eigenvalue weighted by Crippen LogP contribution is -2.48. The first kappa shape index (κ1) is 19.9. The van der Waals surface area contributed by atoms with Crippen LogP contribution in [0.1, 0.15) is 35.7 Å². The summed E-state index contributed by atoms with van der Waals surface area (Å²) in [6.07, 6.45) is 1.83. The maximum Gasteiger partial charge on any atom is 0.254 e. The molecule has 0 saturated carbocycles. The minimum absolute atomic E-state index is 0.0195. The minimum atomic E-state index is -3.33. The van der Waals surface area contributed by atoms with Crippen LogP contribution in [-0.4, -0.2) is 68.6 Å². The van der Waals surface area contributed by atoms with Crippen LogP contribution < -0.4 is 5.32 Å². The van der Waals surface area contributed by atoms with Crippen molar-refractivity contribution in [2.75, 3.05) is 45.0 Å². The van der Waals surface area contributed by atoms with E-state index in [0.717, 1.165) is 18.4 Å². The number of unbranched alkanes of at least 4 members (excludes halogenated alkanes) is 1. The van der Waals surface area contributed by atoms with Crippen LogP contribution >= 0.6 is 0 Å². The second kappa shape index (κ2) is 9.31. The van der Waals surface area contributed by atoms with Gasteiger partial charge in [-0.15, -0.1) is 0 Å². The largest absolute Gasteiger partial charge is 0.338 e. The van der Waals surface area contributed by atoms with Crippen LogP contribution in [0.5, 0.6) is 0 Å². The predicted molar refractivity (Wildman–Crippen MR) is 100 cm³/mol. The zero-order valence-corrected chi connectivity index (χ0v) is 16.0. The maximum absolute atomic E-state index is 12.9. The SMILES string of the molecule is CCCCN(CCS(=O)(=O)N1CCNCC1)C(=O)c1ccccc1C. The topological polar surface area (TPSA) is 69.7 Å². The quantitative estimate of drug-likeness (QED) is 0.755. The third-order valence-electron chi connectivity index (χ3n) is 4.53. The van der Waals surface area contributed by atoms with Gasteiger partial charge in [0.05, 0.1) is 5.75 Å². The van der Waals surface area contributed by atoms with Crippen LogP contribution in [0.3, 0.4) is 0 Å². The monoisotopic (exact) mass is 367 g/mol. The molecule has 1 heterocycles. The Hall–Kier alpha value is -1.44. The molecule has 0 aliphatic carbocycles. The number of hydrogen-bond acceptors (Lipinski definition) is 4. The summed E-state index contributed by atoms with van der Waals surface area (Å²) < 4.78 is 26.6. The number of aryl methyl sites for hydroxylation is 1. The van der Waals surface area contributed by atoms with E-state index in [1.807, 2.05) is 25.1 Å². The van der Waals surface area contributed by atoms with Gasteiger partial charge in [0.15, 0.2) is 0 Å². The number of nitrogens with zero attached hydrogens (tertiary/aromatic N) is 2. The summed E-state index contributed by atoms with van der Waals surface area (Å²) in [7, 11) is -3.33. The first-order valence-corrected chi connectivity index (χ1v) is 10.6. The lowest BCUT2D eigenvalue weighted by atomic mass is 10.1. The van der Waals surface area contributed by atoms with Crippen molar-refractivity contribution in [1.29, 1.82) is 0 Å². The van der Waals surface area contributed by atoms with E-state index in [4.69, 9.17) is 0 Å². The van der Waals surface area contributed by atoms with E-state index in [-0.39, 0.29) is 18.2 Å². The predicted octanol–water partition coefficient (Wildman–Crippen LogP) is 1.47. The first-order chi connectivity index (χ1) is 12.0. The number of nitrogens with one attached hydrogen (secondary N) is 1. The van der Waals surface area contributed by atoms with Gasteiger partial charge in [0, 0.05) is 44.8 Å². The van der Waals surface area contributed by atoms with Gasteiger partial charge >= 0.3 is 0 Å². The third-order valence-corrected chi connectivity index (χ3v) is 6.38. The van der Waals surface area contributed by atoms with Gasteiger partial charge in [-0.3, -0.25) is 4.79 Å². The number of amides is 1. The molecule has 1 aromatic carbocycles.